The molecule has 0 unspecified atom stereocenters. The first-order chi connectivity index (χ1) is 12.2. The monoisotopic (exact) mass is 366 g/mol. The van der Waals surface area contributed by atoms with Gasteiger partial charge in [0.2, 0.25) is 0 Å². The largest absolute Gasteiger partial charge is 0.368 e. The first kappa shape index (κ1) is 14.9. The molecule has 1 aliphatic rings. The van der Waals surface area contributed by atoms with Crippen LogP contribution in [0.5, 0.6) is 0 Å². The van der Waals surface area contributed by atoms with Crippen LogP contribution in [-0.4, -0.2) is 24.9 Å². The highest BCUT2D eigenvalue weighted by Crippen LogP contribution is 2.40. The lowest BCUT2D eigenvalue weighted by molar-refractivity contribution is 0.116. The second kappa shape index (κ2) is 5.56. The summed E-state index contributed by atoms with van der Waals surface area (Å²) in [6.45, 7) is 0. The third kappa shape index (κ3) is 2.41. The maximum Gasteiger partial charge on any atom is 0.195 e. The molecule has 1 aliphatic heterocycles. The fourth-order valence-electron chi connectivity index (χ4n) is 2.86. The molecule has 5 nitrogen and oxygen atoms in total. The van der Waals surface area contributed by atoms with Gasteiger partial charge in [0.15, 0.2) is 17.2 Å². The molecule has 3 heterocycles. The van der Waals surface area contributed by atoms with Gasteiger partial charge in [0.25, 0.3) is 0 Å². The second-order valence-corrected chi connectivity index (χ2v) is 7.11. The Morgan fingerprint density at radius 2 is 1.84 bits per heavy atom. The minimum Gasteiger partial charge on any atom is -0.368 e. The fraction of sp³-hybridized carbons (Fsp3) is 0.0556. The summed E-state index contributed by atoms with van der Waals surface area (Å²) in [4.78, 5) is 9.21. The highest BCUT2D eigenvalue weighted by molar-refractivity contribution is 7.99. The number of hydrogen-bond donors (Lipinski definition) is 1. The van der Waals surface area contributed by atoms with Crippen LogP contribution < -0.4 is 0 Å². The number of benzene rings is 2. The van der Waals surface area contributed by atoms with Crippen molar-refractivity contribution in [3.63, 3.8) is 0 Å². The quantitative estimate of drug-likeness (QED) is 0.548. The van der Waals surface area contributed by atoms with E-state index in [0.29, 0.717) is 16.0 Å². The maximum absolute atomic E-state index is 10.8. The van der Waals surface area contributed by atoms with Crippen LogP contribution in [0.3, 0.4) is 0 Å². The number of rotatable bonds is 1. The van der Waals surface area contributed by atoms with Crippen molar-refractivity contribution in [3.8, 4) is 11.4 Å². The van der Waals surface area contributed by atoms with Gasteiger partial charge in [0.1, 0.15) is 5.03 Å². The Morgan fingerprint density at radius 1 is 1.04 bits per heavy atom. The van der Waals surface area contributed by atoms with Gasteiger partial charge in [0.05, 0.1) is 5.52 Å². The van der Waals surface area contributed by atoms with Crippen molar-refractivity contribution in [2.45, 2.75) is 16.4 Å². The summed E-state index contributed by atoms with van der Waals surface area (Å²) in [6, 6.07) is 17.1. The Bertz CT molecular complexity index is 1110. The molecular weight excluding hydrogens is 356 g/mol. The summed E-state index contributed by atoms with van der Waals surface area (Å²) in [5, 5.41) is 18.3. The number of hydrogen-bond acceptors (Lipinski definition) is 5. The molecule has 2 aromatic carbocycles. The molecule has 0 amide bonds. The summed E-state index contributed by atoms with van der Waals surface area (Å²) in [6.07, 6.45) is -0.906. The average molecular weight is 367 g/mol. The van der Waals surface area contributed by atoms with Gasteiger partial charge >= 0.3 is 0 Å². The molecule has 5 rings (SSSR count). The number of halogens is 1. The van der Waals surface area contributed by atoms with E-state index in [4.69, 9.17) is 11.6 Å². The standard InChI is InChI=1S/C18H11ClN4OS/c19-12-7-5-10(6-8-12)15-21-18-23(22-15)17(24)13-9-11-3-1-2-4-14(11)20-16(13)25-18/h1-9,17,24H/t17-/m0/s1. The van der Waals surface area contributed by atoms with E-state index in [-0.39, 0.29) is 0 Å². The van der Waals surface area contributed by atoms with E-state index in [1.165, 1.54) is 16.4 Å². The molecule has 122 valence electrons. The topological polar surface area (TPSA) is 63.8 Å². The first-order valence-electron chi connectivity index (χ1n) is 7.67. The van der Waals surface area contributed by atoms with Crippen molar-refractivity contribution in [2.75, 3.05) is 0 Å². The lowest BCUT2D eigenvalue weighted by Gasteiger charge is -2.21. The van der Waals surface area contributed by atoms with E-state index in [1.807, 2.05) is 42.5 Å². The molecule has 0 radical (unpaired) electrons. The molecule has 0 fully saturated rings. The number of para-hydroxylation sites is 1. The lowest BCUT2D eigenvalue weighted by atomic mass is 10.1. The molecule has 2 aromatic heterocycles. The predicted molar refractivity (Wildman–Crippen MR) is 96.7 cm³/mol. The Balaban J connectivity index is 1.62. The number of fused-ring (bicyclic) bond motifs is 3. The van der Waals surface area contributed by atoms with Gasteiger partial charge in [-0.05, 0) is 48.2 Å². The summed E-state index contributed by atoms with van der Waals surface area (Å²) in [7, 11) is 0. The number of pyridine rings is 1. The average Bonchev–Trinajstić information content (AvgIpc) is 3.05. The molecule has 1 atom stereocenters. The first-order valence-corrected chi connectivity index (χ1v) is 8.86. The molecule has 0 saturated carbocycles. The number of aromatic nitrogens is 4. The predicted octanol–water partition coefficient (Wildman–Crippen LogP) is 4.15. The Kier molecular flexibility index (Phi) is 3.31. The van der Waals surface area contributed by atoms with Crippen molar-refractivity contribution in [1.82, 2.24) is 19.7 Å². The van der Waals surface area contributed by atoms with Crippen LogP contribution >= 0.6 is 23.4 Å². The summed E-state index contributed by atoms with van der Waals surface area (Å²) < 4.78 is 1.54. The molecule has 4 aromatic rings. The van der Waals surface area contributed by atoms with Crippen molar-refractivity contribution < 1.29 is 5.11 Å². The van der Waals surface area contributed by atoms with E-state index in [0.717, 1.165) is 27.1 Å². The van der Waals surface area contributed by atoms with Crippen molar-refractivity contribution >= 4 is 34.3 Å². The second-order valence-electron chi connectivity index (χ2n) is 5.72. The summed E-state index contributed by atoms with van der Waals surface area (Å²) >= 11 is 7.35. The maximum atomic E-state index is 10.8. The van der Waals surface area contributed by atoms with Crippen LogP contribution in [0.2, 0.25) is 5.02 Å². The van der Waals surface area contributed by atoms with Crippen molar-refractivity contribution in [3.05, 3.63) is 65.2 Å². The zero-order valence-corrected chi connectivity index (χ0v) is 14.4. The number of nitrogens with zero attached hydrogens (tertiary/aromatic N) is 4. The van der Waals surface area contributed by atoms with Crippen LogP contribution in [0.15, 0.2) is 64.8 Å². The van der Waals surface area contributed by atoms with E-state index < -0.39 is 6.23 Å². The van der Waals surface area contributed by atoms with Gasteiger partial charge in [-0.25, -0.2) is 14.6 Å². The highest BCUT2D eigenvalue weighted by Gasteiger charge is 2.29. The van der Waals surface area contributed by atoms with Gasteiger partial charge in [-0.3, -0.25) is 0 Å². The molecule has 0 saturated heterocycles. The van der Waals surface area contributed by atoms with Crippen molar-refractivity contribution in [1.29, 1.82) is 0 Å². The van der Waals surface area contributed by atoms with Gasteiger partial charge in [-0.15, -0.1) is 5.10 Å². The van der Waals surface area contributed by atoms with Crippen molar-refractivity contribution in [2.24, 2.45) is 0 Å². The van der Waals surface area contributed by atoms with Gasteiger partial charge in [0, 0.05) is 21.5 Å². The lowest BCUT2D eigenvalue weighted by Crippen LogP contribution is -2.18. The molecule has 0 spiro atoms. The SMILES string of the molecule is O[C@H]1c2cc3ccccc3nc2Sc2nc(-c3ccc(Cl)cc3)nn21. The van der Waals surface area contributed by atoms with Crippen LogP contribution in [-0.2, 0) is 0 Å². The summed E-state index contributed by atoms with van der Waals surface area (Å²) in [5.41, 5.74) is 2.48. The molecule has 1 N–H and O–H groups in total. The minimum absolute atomic E-state index is 0.551. The third-order valence-electron chi connectivity index (χ3n) is 4.12. The van der Waals surface area contributed by atoms with Crippen LogP contribution in [0.1, 0.15) is 11.8 Å². The number of aliphatic hydroxyl groups excluding tert-OH is 1. The smallest absolute Gasteiger partial charge is 0.195 e. The normalized spacial score (nSPS) is 15.8. The Hall–Kier alpha value is -2.41. The Morgan fingerprint density at radius 3 is 2.68 bits per heavy atom. The number of aliphatic hydroxyl groups is 1. The van der Waals surface area contributed by atoms with Crippen LogP contribution in [0.25, 0.3) is 22.3 Å². The zero-order chi connectivity index (χ0) is 17.0. The van der Waals surface area contributed by atoms with E-state index >= 15 is 0 Å². The van der Waals surface area contributed by atoms with E-state index in [9.17, 15) is 5.11 Å². The summed E-state index contributed by atoms with van der Waals surface area (Å²) in [5.74, 6) is 0.551. The molecular formula is C18H11ClN4OS. The molecule has 7 heteroatoms. The molecule has 25 heavy (non-hydrogen) atoms. The zero-order valence-electron chi connectivity index (χ0n) is 12.8. The fourth-order valence-corrected chi connectivity index (χ4v) is 3.95. The van der Waals surface area contributed by atoms with Crippen LogP contribution in [0, 0.1) is 0 Å². The van der Waals surface area contributed by atoms with Gasteiger partial charge in [-0.2, -0.15) is 0 Å². The minimum atomic E-state index is -0.906. The van der Waals surface area contributed by atoms with Gasteiger partial charge < -0.3 is 5.11 Å². The van der Waals surface area contributed by atoms with E-state index in [2.05, 4.69) is 15.1 Å². The van der Waals surface area contributed by atoms with Crippen LogP contribution in [0.4, 0.5) is 0 Å². The Labute approximate surface area is 152 Å². The molecule has 0 bridgehead atoms. The highest BCUT2D eigenvalue weighted by atomic mass is 35.5. The van der Waals surface area contributed by atoms with Gasteiger partial charge in [-0.1, -0.05) is 29.8 Å². The molecule has 0 aliphatic carbocycles. The third-order valence-corrected chi connectivity index (χ3v) is 5.35. The van der Waals surface area contributed by atoms with E-state index in [1.54, 1.807) is 12.1 Å².